The summed E-state index contributed by atoms with van der Waals surface area (Å²) in [6.45, 7) is 8.71. The minimum absolute atomic E-state index is 0.0244. The molecule has 3 rings (SSSR count). The average Bonchev–Trinajstić information content (AvgIpc) is 2.75. The van der Waals surface area contributed by atoms with Gasteiger partial charge in [-0.15, -0.1) is 0 Å². The van der Waals surface area contributed by atoms with Gasteiger partial charge in [0.1, 0.15) is 0 Å². The van der Waals surface area contributed by atoms with Crippen molar-refractivity contribution in [2.45, 2.75) is 32.7 Å². The lowest BCUT2D eigenvalue weighted by Gasteiger charge is -2.36. The standard InChI is InChI=1S/C22H30N4O/c1-3-5-14-25(4-2)20-10-8-18(9-11-20)22(27)26-15-13-24-17-21(26)19-7-6-12-23-16-19/h6-12,16,21,24H,3-5,13-15,17H2,1-2H3. The molecule has 1 aromatic carbocycles. The number of piperazine rings is 1. The molecule has 0 aliphatic carbocycles. The first-order valence-corrected chi connectivity index (χ1v) is 10.0. The van der Waals surface area contributed by atoms with Crippen molar-refractivity contribution in [2.75, 3.05) is 37.6 Å². The average molecular weight is 367 g/mol. The van der Waals surface area contributed by atoms with E-state index in [1.807, 2.05) is 35.4 Å². The summed E-state index contributed by atoms with van der Waals surface area (Å²) in [6.07, 6.45) is 5.99. The number of nitrogens with zero attached hydrogens (tertiary/aromatic N) is 3. The van der Waals surface area contributed by atoms with Crippen LogP contribution in [0.3, 0.4) is 0 Å². The van der Waals surface area contributed by atoms with Crippen LogP contribution in [0.2, 0.25) is 0 Å². The number of anilines is 1. The van der Waals surface area contributed by atoms with Crippen molar-refractivity contribution in [2.24, 2.45) is 0 Å². The zero-order valence-corrected chi connectivity index (χ0v) is 16.4. The van der Waals surface area contributed by atoms with Crippen molar-refractivity contribution in [1.29, 1.82) is 0 Å². The van der Waals surface area contributed by atoms with Crippen LogP contribution in [0.25, 0.3) is 0 Å². The second-order valence-electron chi connectivity index (χ2n) is 6.98. The minimum atomic E-state index is 0.0244. The third-order valence-corrected chi connectivity index (χ3v) is 5.22. The summed E-state index contributed by atoms with van der Waals surface area (Å²) in [5.41, 5.74) is 3.01. The Kier molecular flexibility index (Phi) is 6.82. The lowest BCUT2D eigenvalue weighted by Crippen LogP contribution is -2.48. The highest BCUT2D eigenvalue weighted by atomic mass is 16.2. The fourth-order valence-electron chi connectivity index (χ4n) is 3.62. The van der Waals surface area contributed by atoms with Crippen molar-refractivity contribution in [3.63, 3.8) is 0 Å². The number of rotatable bonds is 7. The number of pyridine rings is 1. The first-order chi connectivity index (χ1) is 13.2. The van der Waals surface area contributed by atoms with Gasteiger partial charge in [-0.2, -0.15) is 0 Å². The summed E-state index contributed by atoms with van der Waals surface area (Å²) in [6, 6.07) is 12.1. The molecule has 0 spiro atoms. The smallest absolute Gasteiger partial charge is 0.254 e. The van der Waals surface area contributed by atoms with Crippen molar-refractivity contribution >= 4 is 11.6 Å². The third kappa shape index (κ3) is 4.66. The van der Waals surface area contributed by atoms with Gasteiger partial charge < -0.3 is 15.1 Å². The van der Waals surface area contributed by atoms with Gasteiger partial charge in [-0.3, -0.25) is 9.78 Å². The van der Waals surface area contributed by atoms with E-state index in [0.717, 1.165) is 37.3 Å². The fourth-order valence-corrected chi connectivity index (χ4v) is 3.62. The van der Waals surface area contributed by atoms with E-state index in [9.17, 15) is 4.79 Å². The Morgan fingerprint density at radius 2 is 2.07 bits per heavy atom. The van der Waals surface area contributed by atoms with E-state index < -0.39 is 0 Å². The topological polar surface area (TPSA) is 48.5 Å². The normalized spacial score (nSPS) is 17.0. The molecule has 1 N–H and O–H groups in total. The summed E-state index contributed by atoms with van der Waals surface area (Å²) in [5, 5.41) is 3.39. The van der Waals surface area contributed by atoms with Gasteiger partial charge in [-0.25, -0.2) is 0 Å². The van der Waals surface area contributed by atoms with E-state index in [0.29, 0.717) is 6.54 Å². The maximum absolute atomic E-state index is 13.2. The molecule has 2 heterocycles. The predicted molar refractivity (Wildman–Crippen MR) is 110 cm³/mol. The first kappa shape index (κ1) is 19.4. The first-order valence-electron chi connectivity index (χ1n) is 10.0. The Bertz CT molecular complexity index is 717. The molecular formula is C22H30N4O. The zero-order chi connectivity index (χ0) is 19.1. The van der Waals surface area contributed by atoms with Crippen molar-refractivity contribution in [1.82, 2.24) is 15.2 Å². The number of carbonyl (C=O) groups excluding carboxylic acids is 1. The molecule has 0 saturated carbocycles. The molecule has 0 radical (unpaired) electrons. The highest BCUT2D eigenvalue weighted by Crippen LogP contribution is 2.24. The maximum Gasteiger partial charge on any atom is 0.254 e. The second kappa shape index (κ2) is 9.51. The Morgan fingerprint density at radius 3 is 2.74 bits per heavy atom. The maximum atomic E-state index is 13.2. The molecule has 1 amide bonds. The molecule has 27 heavy (non-hydrogen) atoms. The Labute approximate surface area is 162 Å². The van der Waals surface area contributed by atoms with Gasteiger partial charge in [0.05, 0.1) is 6.04 Å². The molecule has 144 valence electrons. The highest BCUT2D eigenvalue weighted by molar-refractivity contribution is 5.95. The predicted octanol–water partition coefficient (Wildman–Crippen LogP) is 3.49. The highest BCUT2D eigenvalue weighted by Gasteiger charge is 2.28. The van der Waals surface area contributed by atoms with Crippen LogP contribution in [-0.4, -0.2) is 48.5 Å². The van der Waals surface area contributed by atoms with Gasteiger partial charge in [0.25, 0.3) is 5.91 Å². The molecule has 2 aromatic rings. The monoisotopic (exact) mass is 366 g/mol. The van der Waals surface area contributed by atoms with Crippen molar-refractivity contribution in [3.8, 4) is 0 Å². The van der Waals surface area contributed by atoms with Gasteiger partial charge >= 0.3 is 0 Å². The fraction of sp³-hybridized carbons (Fsp3) is 0.455. The number of hydrogen-bond donors (Lipinski definition) is 1. The van der Waals surface area contributed by atoms with Gasteiger partial charge in [-0.05, 0) is 49.2 Å². The molecule has 5 nitrogen and oxygen atoms in total. The lowest BCUT2D eigenvalue weighted by molar-refractivity contribution is 0.0634. The van der Waals surface area contributed by atoms with E-state index >= 15 is 0 Å². The lowest BCUT2D eigenvalue weighted by atomic mass is 10.0. The van der Waals surface area contributed by atoms with Crippen LogP contribution >= 0.6 is 0 Å². The Morgan fingerprint density at radius 1 is 1.26 bits per heavy atom. The molecule has 1 aliphatic heterocycles. The number of amides is 1. The summed E-state index contributed by atoms with van der Waals surface area (Å²) in [4.78, 5) is 21.7. The van der Waals surface area contributed by atoms with E-state index in [4.69, 9.17) is 0 Å². The number of benzene rings is 1. The van der Waals surface area contributed by atoms with Gasteiger partial charge in [-0.1, -0.05) is 19.4 Å². The Balaban J connectivity index is 1.75. The number of hydrogen-bond acceptors (Lipinski definition) is 4. The van der Waals surface area contributed by atoms with Gasteiger partial charge in [0, 0.05) is 56.4 Å². The number of carbonyl (C=O) groups is 1. The largest absolute Gasteiger partial charge is 0.372 e. The van der Waals surface area contributed by atoms with Crippen LogP contribution in [0.15, 0.2) is 48.8 Å². The molecule has 1 saturated heterocycles. The summed E-state index contributed by atoms with van der Waals surface area (Å²) in [5.74, 6) is 0.0912. The van der Waals surface area contributed by atoms with Crippen LogP contribution in [0.1, 0.15) is 48.7 Å². The number of nitrogens with one attached hydrogen (secondary N) is 1. The van der Waals surface area contributed by atoms with Crippen LogP contribution < -0.4 is 10.2 Å². The van der Waals surface area contributed by atoms with Crippen molar-refractivity contribution < 1.29 is 4.79 Å². The second-order valence-corrected chi connectivity index (χ2v) is 6.98. The molecule has 1 atom stereocenters. The number of unbranched alkanes of at least 4 members (excludes halogenated alkanes) is 1. The molecule has 0 bridgehead atoms. The SMILES string of the molecule is CCCCN(CC)c1ccc(C(=O)N2CCNCC2c2cccnc2)cc1. The quantitative estimate of drug-likeness (QED) is 0.815. The zero-order valence-electron chi connectivity index (χ0n) is 16.4. The van der Waals surface area contributed by atoms with Gasteiger partial charge in [0.2, 0.25) is 0 Å². The molecule has 1 aromatic heterocycles. The molecule has 1 fully saturated rings. The van der Waals surface area contributed by atoms with E-state index in [-0.39, 0.29) is 11.9 Å². The van der Waals surface area contributed by atoms with E-state index in [1.54, 1.807) is 6.20 Å². The summed E-state index contributed by atoms with van der Waals surface area (Å²) < 4.78 is 0. The minimum Gasteiger partial charge on any atom is -0.372 e. The molecule has 1 unspecified atom stereocenters. The van der Waals surface area contributed by atoms with Crippen LogP contribution in [0.4, 0.5) is 5.69 Å². The van der Waals surface area contributed by atoms with Crippen LogP contribution in [-0.2, 0) is 0 Å². The molecular weight excluding hydrogens is 336 g/mol. The van der Waals surface area contributed by atoms with E-state index in [2.05, 4.69) is 41.2 Å². The van der Waals surface area contributed by atoms with Crippen LogP contribution in [0.5, 0.6) is 0 Å². The number of aromatic nitrogens is 1. The summed E-state index contributed by atoms with van der Waals surface area (Å²) in [7, 11) is 0. The summed E-state index contributed by atoms with van der Waals surface area (Å²) >= 11 is 0. The van der Waals surface area contributed by atoms with Crippen molar-refractivity contribution in [3.05, 3.63) is 59.9 Å². The van der Waals surface area contributed by atoms with Crippen LogP contribution in [0, 0.1) is 0 Å². The van der Waals surface area contributed by atoms with Gasteiger partial charge in [0.15, 0.2) is 0 Å². The molecule has 5 heteroatoms. The van der Waals surface area contributed by atoms with E-state index in [1.165, 1.54) is 18.5 Å². The third-order valence-electron chi connectivity index (χ3n) is 5.22. The Hall–Kier alpha value is -2.40. The molecule has 1 aliphatic rings.